The summed E-state index contributed by atoms with van der Waals surface area (Å²) in [6.07, 6.45) is 4.12. The Morgan fingerprint density at radius 2 is 1.50 bits per heavy atom. The van der Waals surface area contributed by atoms with Crippen molar-refractivity contribution in [2.45, 2.75) is 51.6 Å². The maximum Gasteiger partial charge on any atom is 0.321 e. The van der Waals surface area contributed by atoms with E-state index in [0.717, 1.165) is 25.7 Å². The molecular weight excluding hydrogens is 436 g/mol. The van der Waals surface area contributed by atoms with Gasteiger partial charge in [-0.05, 0) is 57.2 Å². The molecule has 1 aliphatic carbocycles. The number of Topliss-reactive ketones (excluding diaryl/α,β-unsaturated/α-hetero) is 1. The fourth-order valence-electron chi connectivity index (χ4n) is 4.27. The third-order valence-corrected chi connectivity index (χ3v) is 5.90. The van der Waals surface area contributed by atoms with E-state index >= 15 is 0 Å². The standard InChI is InChI=1S/C27H32O7/c1-4-32-26(29)24(27(30)33-5-2)23(25(28)18-11-7-6-8-12-18)19-15-16-21(31-3)22(17-19)34-20-13-9-10-14-20/h6-8,11-12,15-17,20,23-24H,4-5,9-10,13-14H2,1-3H3. The van der Waals surface area contributed by atoms with E-state index in [1.165, 1.54) is 0 Å². The Labute approximate surface area is 200 Å². The lowest BCUT2D eigenvalue weighted by Crippen LogP contribution is -2.37. The smallest absolute Gasteiger partial charge is 0.321 e. The van der Waals surface area contributed by atoms with Crippen LogP contribution in [0.4, 0.5) is 0 Å². The number of hydrogen-bond acceptors (Lipinski definition) is 7. The van der Waals surface area contributed by atoms with Gasteiger partial charge in [0.05, 0.1) is 32.3 Å². The van der Waals surface area contributed by atoms with Gasteiger partial charge in [0.25, 0.3) is 0 Å². The van der Waals surface area contributed by atoms with Gasteiger partial charge in [-0.1, -0.05) is 36.4 Å². The van der Waals surface area contributed by atoms with Gasteiger partial charge in [-0.2, -0.15) is 0 Å². The van der Waals surface area contributed by atoms with Crippen LogP contribution < -0.4 is 9.47 Å². The van der Waals surface area contributed by atoms with Crippen molar-refractivity contribution in [3.63, 3.8) is 0 Å². The van der Waals surface area contributed by atoms with Crippen LogP contribution in [0.15, 0.2) is 48.5 Å². The second-order valence-corrected chi connectivity index (χ2v) is 8.12. The average Bonchev–Trinajstić information content (AvgIpc) is 3.36. The first kappa shape index (κ1) is 25.3. The molecule has 2 aromatic rings. The molecule has 0 bridgehead atoms. The van der Waals surface area contributed by atoms with Crippen LogP contribution in [-0.4, -0.2) is 44.1 Å². The van der Waals surface area contributed by atoms with Crippen LogP contribution in [0, 0.1) is 5.92 Å². The van der Waals surface area contributed by atoms with Gasteiger partial charge in [0.2, 0.25) is 0 Å². The number of carbonyl (C=O) groups excluding carboxylic acids is 3. The average molecular weight is 469 g/mol. The lowest BCUT2D eigenvalue weighted by molar-refractivity contribution is -0.162. The Kier molecular flexibility index (Phi) is 9.08. The van der Waals surface area contributed by atoms with Crippen molar-refractivity contribution >= 4 is 17.7 Å². The summed E-state index contributed by atoms with van der Waals surface area (Å²) < 4.78 is 22.1. The summed E-state index contributed by atoms with van der Waals surface area (Å²) in [5, 5.41) is 0. The van der Waals surface area contributed by atoms with Crippen molar-refractivity contribution in [2.24, 2.45) is 5.92 Å². The van der Waals surface area contributed by atoms with E-state index in [1.807, 2.05) is 0 Å². The number of benzene rings is 2. The molecule has 34 heavy (non-hydrogen) atoms. The number of rotatable bonds is 11. The predicted molar refractivity (Wildman–Crippen MR) is 126 cm³/mol. The maximum absolute atomic E-state index is 13.7. The second kappa shape index (κ2) is 12.2. The molecule has 1 aliphatic rings. The molecule has 1 unspecified atom stereocenters. The van der Waals surface area contributed by atoms with Crippen LogP contribution in [-0.2, 0) is 19.1 Å². The van der Waals surface area contributed by atoms with Crippen molar-refractivity contribution in [3.8, 4) is 11.5 Å². The Bertz CT molecular complexity index is 962. The number of ketones is 1. The lowest BCUT2D eigenvalue weighted by Gasteiger charge is -2.25. The Balaban J connectivity index is 2.11. The van der Waals surface area contributed by atoms with Crippen LogP contribution in [0.1, 0.15) is 61.4 Å². The fraction of sp³-hybridized carbons (Fsp3) is 0.444. The highest BCUT2D eigenvalue weighted by Crippen LogP contribution is 2.38. The largest absolute Gasteiger partial charge is 0.493 e. The summed E-state index contributed by atoms with van der Waals surface area (Å²) in [5.74, 6) is -3.61. The first-order valence-corrected chi connectivity index (χ1v) is 11.8. The molecule has 2 aromatic carbocycles. The summed E-state index contributed by atoms with van der Waals surface area (Å²) in [6, 6.07) is 13.6. The van der Waals surface area contributed by atoms with E-state index in [9.17, 15) is 14.4 Å². The van der Waals surface area contributed by atoms with Crippen LogP contribution in [0.25, 0.3) is 0 Å². The van der Waals surface area contributed by atoms with Crippen LogP contribution in [0.3, 0.4) is 0 Å². The monoisotopic (exact) mass is 468 g/mol. The molecule has 0 radical (unpaired) electrons. The molecule has 1 fully saturated rings. The van der Waals surface area contributed by atoms with E-state index in [4.69, 9.17) is 18.9 Å². The number of carbonyl (C=O) groups is 3. The summed E-state index contributed by atoms with van der Waals surface area (Å²) >= 11 is 0. The van der Waals surface area contributed by atoms with Gasteiger partial charge in [-0.25, -0.2) is 0 Å². The predicted octanol–water partition coefficient (Wildman–Crippen LogP) is 4.73. The van der Waals surface area contributed by atoms with Gasteiger partial charge >= 0.3 is 11.9 Å². The first-order chi connectivity index (χ1) is 16.5. The minimum atomic E-state index is -1.46. The third kappa shape index (κ3) is 5.95. The van der Waals surface area contributed by atoms with E-state index in [2.05, 4.69) is 0 Å². The Morgan fingerprint density at radius 1 is 0.882 bits per heavy atom. The number of esters is 2. The molecule has 0 aliphatic heterocycles. The minimum Gasteiger partial charge on any atom is -0.493 e. The molecule has 1 atom stereocenters. The minimum absolute atomic E-state index is 0.0540. The fourth-order valence-corrected chi connectivity index (χ4v) is 4.27. The number of methoxy groups -OCH3 is 1. The summed E-state index contributed by atoms with van der Waals surface area (Å²) in [4.78, 5) is 39.7. The first-order valence-electron chi connectivity index (χ1n) is 11.8. The van der Waals surface area contributed by atoms with Crippen molar-refractivity contribution in [2.75, 3.05) is 20.3 Å². The van der Waals surface area contributed by atoms with Gasteiger partial charge in [-0.15, -0.1) is 0 Å². The van der Waals surface area contributed by atoms with Gasteiger partial charge in [-0.3, -0.25) is 14.4 Å². The summed E-state index contributed by atoms with van der Waals surface area (Å²) in [6.45, 7) is 3.43. The molecule has 0 aromatic heterocycles. The zero-order valence-electron chi connectivity index (χ0n) is 20.0. The quantitative estimate of drug-likeness (QED) is 0.268. The molecule has 0 amide bonds. The van der Waals surface area contributed by atoms with Gasteiger partial charge < -0.3 is 18.9 Å². The normalized spacial score (nSPS) is 14.5. The maximum atomic E-state index is 13.7. The summed E-state index contributed by atoms with van der Waals surface area (Å²) in [7, 11) is 1.54. The zero-order chi connectivity index (χ0) is 24.5. The van der Waals surface area contributed by atoms with Crippen LogP contribution >= 0.6 is 0 Å². The van der Waals surface area contributed by atoms with Crippen molar-refractivity contribution in [3.05, 3.63) is 59.7 Å². The molecule has 0 heterocycles. The topological polar surface area (TPSA) is 88.1 Å². The second-order valence-electron chi connectivity index (χ2n) is 8.12. The molecule has 7 nitrogen and oxygen atoms in total. The molecule has 7 heteroatoms. The molecule has 0 N–H and O–H groups in total. The van der Waals surface area contributed by atoms with E-state index in [-0.39, 0.29) is 25.1 Å². The molecule has 0 spiro atoms. The highest BCUT2D eigenvalue weighted by Gasteiger charge is 2.43. The molecule has 182 valence electrons. The summed E-state index contributed by atoms with van der Waals surface area (Å²) in [5.41, 5.74) is 0.828. The molecule has 1 saturated carbocycles. The molecule has 3 rings (SSSR count). The highest BCUT2D eigenvalue weighted by atomic mass is 16.6. The van der Waals surface area contributed by atoms with Gasteiger partial charge in [0.15, 0.2) is 23.2 Å². The number of ether oxygens (including phenoxy) is 4. The van der Waals surface area contributed by atoms with E-state index < -0.39 is 23.8 Å². The Morgan fingerprint density at radius 3 is 2.06 bits per heavy atom. The SMILES string of the molecule is CCOC(=O)C(C(=O)OCC)C(C(=O)c1ccccc1)c1ccc(OC)c(OC2CCCC2)c1. The highest BCUT2D eigenvalue weighted by molar-refractivity contribution is 6.08. The Hall–Kier alpha value is -3.35. The van der Waals surface area contributed by atoms with Crippen molar-refractivity contribution in [1.29, 1.82) is 0 Å². The van der Waals surface area contributed by atoms with Crippen molar-refractivity contribution in [1.82, 2.24) is 0 Å². The molecule has 0 saturated heterocycles. The van der Waals surface area contributed by atoms with Crippen LogP contribution in [0.5, 0.6) is 11.5 Å². The lowest BCUT2D eigenvalue weighted by atomic mass is 9.80. The third-order valence-electron chi connectivity index (χ3n) is 5.90. The van der Waals surface area contributed by atoms with Crippen molar-refractivity contribution < 1.29 is 33.3 Å². The van der Waals surface area contributed by atoms with E-state index in [1.54, 1.807) is 69.5 Å². The van der Waals surface area contributed by atoms with Gasteiger partial charge in [0, 0.05) is 5.56 Å². The van der Waals surface area contributed by atoms with Crippen LogP contribution in [0.2, 0.25) is 0 Å². The molecular formula is C27H32O7. The van der Waals surface area contributed by atoms with Gasteiger partial charge in [0.1, 0.15) is 0 Å². The number of hydrogen-bond donors (Lipinski definition) is 0. The van der Waals surface area contributed by atoms with E-state index in [0.29, 0.717) is 22.6 Å². The zero-order valence-corrected chi connectivity index (χ0v) is 20.0.